The largest absolute Gasteiger partial charge is 0.488 e. The van der Waals surface area contributed by atoms with E-state index in [0.717, 1.165) is 16.9 Å². The summed E-state index contributed by atoms with van der Waals surface area (Å²) in [5.74, 6) is -0.344. The second-order valence-electron chi connectivity index (χ2n) is 4.47. The van der Waals surface area contributed by atoms with E-state index in [1.54, 1.807) is 12.1 Å². The molecule has 1 aromatic carbocycles. The standard InChI is InChI=1S/C15H14ClNO3/c1-9-6-12(16)7-10(2)14(9)20-8-11-4-3-5-17-13(11)15(18)19/h3-7H,8H2,1-2H3,(H,18,19). The Hall–Kier alpha value is -2.07. The molecule has 0 spiro atoms. The molecular formula is C15H14ClNO3. The van der Waals surface area contributed by atoms with Gasteiger partial charge in [0.1, 0.15) is 12.4 Å². The number of carboxylic acid groups (broad SMARTS) is 1. The van der Waals surface area contributed by atoms with Gasteiger partial charge in [-0.1, -0.05) is 17.7 Å². The molecule has 1 N–H and O–H groups in total. The monoisotopic (exact) mass is 291 g/mol. The van der Waals surface area contributed by atoms with Gasteiger partial charge in [-0.3, -0.25) is 0 Å². The summed E-state index contributed by atoms with van der Waals surface area (Å²) in [5, 5.41) is 9.73. The normalized spacial score (nSPS) is 10.3. The van der Waals surface area contributed by atoms with E-state index < -0.39 is 5.97 Å². The van der Waals surface area contributed by atoms with Crippen molar-refractivity contribution in [2.75, 3.05) is 0 Å². The van der Waals surface area contributed by atoms with Gasteiger partial charge in [-0.25, -0.2) is 9.78 Å². The van der Waals surface area contributed by atoms with Crippen LogP contribution >= 0.6 is 11.6 Å². The summed E-state index contributed by atoms with van der Waals surface area (Å²) in [4.78, 5) is 14.9. The second-order valence-corrected chi connectivity index (χ2v) is 4.91. The Morgan fingerprint density at radius 2 is 2.00 bits per heavy atom. The van der Waals surface area contributed by atoms with Crippen molar-refractivity contribution in [1.82, 2.24) is 4.98 Å². The average molecular weight is 292 g/mol. The molecule has 1 aromatic heterocycles. The van der Waals surface area contributed by atoms with Crippen molar-refractivity contribution in [3.63, 3.8) is 0 Å². The van der Waals surface area contributed by atoms with Crippen molar-refractivity contribution < 1.29 is 14.6 Å². The van der Waals surface area contributed by atoms with E-state index in [1.807, 2.05) is 26.0 Å². The maximum absolute atomic E-state index is 11.1. The Balaban J connectivity index is 2.24. The fourth-order valence-corrected chi connectivity index (χ4v) is 2.35. The van der Waals surface area contributed by atoms with Crippen LogP contribution in [0.4, 0.5) is 0 Å². The lowest BCUT2D eigenvalue weighted by Crippen LogP contribution is -2.08. The minimum Gasteiger partial charge on any atom is -0.488 e. The highest BCUT2D eigenvalue weighted by Crippen LogP contribution is 2.27. The quantitative estimate of drug-likeness (QED) is 0.934. The van der Waals surface area contributed by atoms with Crippen LogP contribution in [0.3, 0.4) is 0 Å². The molecule has 0 aliphatic carbocycles. The Labute approximate surface area is 122 Å². The van der Waals surface area contributed by atoms with E-state index in [4.69, 9.17) is 21.4 Å². The summed E-state index contributed by atoms with van der Waals surface area (Å²) in [6.07, 6.45) is 1.45. The first-order valence-electron chi connectivity index (χ1n) is 6.05. The number of aromatic carboxylic acids is 1. The number of rotatable bonds is 4. The Morgan fingerprint density at radius 1 is 1.35 bits per heavy atom. The van der Waals surface area contributed by atoms with Gasteiger partial charge in [-0.05, 0) is 43.2 Å². The van der Waals surface area contributed by atoms with E-state index in [-0.39, 0.29) is 12.3 Å². The Morgan fingerprint density at radius 3 is 2.60 bits per heavy atom. The molecule has 1 heterocycles. The summed E-state index contributed by atoms with van der Waals surface area (Å²) in [6.45, 7) is 3.95. The third-order valence-corrected chi connectivity index (χ3v) is 3.11. The highest BCUT2D eigenvalue weighted by atomic mass is 35.5. The van der Waals surface area contributed by atoms with Crippen molar-refractivity contribution in [3.8, 4) is 5.75 Å². The molecule has 0 bridgehead atoms. The van der Waals surface area contributed by atoms with Crippen LogP contribution < -0.4 is 4.74 Å². The first-order valence-corrected chi connectivity index (χ1v) is 6.43. The highest BCUT2D eigenvalue weighted by Gasteiger charge is 2.12. The van der Waals surface area contributed by atoms with Crippen LogP contribution in [0.5, 0.6) is 5.75 Å². The fraction of sp³-hybridized carbons (Fsp3) is 0.200. The van der Waals surface area contributed by atoms with Gasteiger partial charge in [-0.15, -0.1) is 0 Å². The molecule has 2 aromatic rings. The summed E-state index contributed by atoms with van der Waals surface area (Å²) in [7, 11) is 0. The van der Waals surface area contributed by atoms with Gasteiger partial charge in [0, 0.05) is 16.8 Å². The van der Waals surface area contributed by atoms with Gasteiger partial charge in [-0.2, -0.15) is 0 Å². The average Bonchev–Trinajstić information content (AvgIpc) is 2.37. The molecule has 0 atom stereocenters. The second kappa shape index (κ2) is 5.92. The van der Waals surface area contributed by atoms with Crippen molar-refractivity contribution >= 4 is 17.6 Å². The fourth-order valence-electron chi connectivity index (χ4n) is 2.02. The van der Waals surface area contributed by atoms with Crippen molar-refractivity contribution in [3.05, 3.63) is 57.9 Å². The molecule has 20 heavy (non-hydrogen) atoms. The smallest absolute Gasteiger partial charge is 0.354 e. The Bertz CT molecular complexity index is 632. The van der Waals surface area contributed by atoms with Crippen molar-refractivity contribution in [2.45, 2.75) is 20.5 Å². The number of aromatic nitrogens is 1. The van der Waals surface area contributed by atoms with Crippen LogP contribution in [0.1, 0.15) is 27.2 Å². The molecule has 0 saturated carbocycles. The number of halogens is 1. The lowest BCUT2D eigenvalue weighted by atomic mass is 10.1. The van der Waals surface area contributed by atoms with E-state index in [1.165, 1.54) is 6.20 Å². The van der Waals surface area contributed by atoms with Gasteiger partial charge < -0.3 is 9.84 Å². The van der Waals surface area contributed by atoms with Crippen LogP contribution in [0, 0.1) is 13.8 Å². The zero-order valence-electron chi connectivity index (χ0n) is 11.2. The molecule has 0 aliphatic rings. The third kappa shape index (κ3) is 3.08. The lowest BCUT2D eigenvalue weighted by Gasteiger charge is -2.13. The van der Waals surface area contributed by atoms with Crippen LogP contribution in [0.15, 0.2) is 30.5 Å². The first kappa shape index (κ1) is 14.3. The zero-order chi connectivity index (χ0) is 14.7. The minimum atomic E-state index is -1.06. The summed E-state index contributed by atoms with van der Waals surface area (Å²) < 4.78 is 5.74. The number of carbonyl (C=O) groups is 1. The summed E-state index contributed by atoms with van der Waals surface area (Å²) in [6, 6.07) is 7.00. The minimum absolute atomic E-state index is 0.0109. The van der Waals surface area contributed by atoms with E-state index >= 15 is 0 Å². The maximum atomic E-state index is 11.1. The molecule has 0 amide bonds. The highest BCUT2D eigenvalue weighted by molar-refractivity contribution is 6.30. The number of pyridine rings is 1. The number of ether oxygens (including phenoxy) is 1. The third-order valence-electron chi connectivity index (χ3n) is 2.89. The molecule has 0 aliphatic heterocycles. The predicted molar refractivity (Wildman–Crippen MR) is 76.5 cm³/mol. The molecule has 0 radical (unpaired) electrons. The number of benzene rings is 1. The molecule has 104 valence electrons. The summed E-state index contributed by atoms with van der Waals surface area (Å²) in [5.41, 5.74) is 2.37. The van der Waals surface area contributed by atoms with Gasteiger partial charge in [0.05, 0.1) is 0 Å². The van der Waals surface area contributed by atoms with E-state index in [0.29, 0.717) is 10.6 Å². The van der Waals surface area contributed by atoms with Crippen LogP contribution in [0.25, 0.3) is 0 Å². The van der Waals surface area contributed by atoms with Crippen molar-refractivity contribution in [2.24, 2.45) is 0 Å². The van der Waals surface area contributed by atoms with E-state index in [2.05, 4.69) is 4.98 Å². The Kier molecular flexibility index (Phi) is 4.25. The van der Waals surface area contributed by atoms with Gasteiger partial charge in [0.2, 0.25) is 0 Å². The number of hydrogen-bond acceptors (Lipinski definition) is 3. The first-order chi connectivity index (χ1) is 9.49. The predicted octanol–water partition coefficient (Wildman–Crippen LogP) is 3.63. The lowest BCUT2D eigenvalue weighted by molar-refractivity contribution is 0.0687. The van der Waals surface area contributed by atoms with Crippen molar-refractivity contribution in [1.29, 1.82) is 0 Å². The van der Waals surface area contributed by atoms with Crippen LogP contribution in [0.2, 0.25) is 5.02 Å². The molecule has 4 nitrogen and oxygen atoms in total. The number of carboxylic acids is 1. The molecule has 0 fully saturated rings. The molecular weight excluding hydrogens is 278 g/mol. The van der Waals surface area contributed by atoms with Gasteiger partial charge in [0.15, 0.2) is 5.69 Å². The zero-order valence-corrected chi connectivity index (χ0v) is 11.9. The molecule has 2 rings (SSSR count). The molecule has 0 saturated heterocycles. The topological polar surface area (TPSA) is 59.4 Å². The SMILES string of the molecule is Cc1cc(Cl)cc(C)c1OCc1cccnc1C(=O)O. The number of nitrogens with zero attached hydrogens (tertiary/aromatic N) is 1. The van der Waals surface area contributed by atoms with Crippen LogP contribution in [-0.4, -0.2) is 16.1 Å². The molecule has 0 unspecified atom stereocenters. The van der Waals surface area contributed by atoms with Crippen LogP contribution in [-0.2, 0) is 6.61 Å². The van der Waals surface area contributed by atoms with Gasteiger partial charge in [0.25, 0.3) is 0 Å². The van der Waals surface area contributed by atoms with Gasteiger partial charge >= 0.3 is 5.97 Å². The van der Waals surface area contributed by atoms with E-state index in [9.17, 15) is 4.79 Å². The maximum Gasteiger partial charge on any atom is 0.354 e. The molecule has 5 heteroatoms. The number of aryl methyl sites for hydroxylation is 2. The number of hydrogen-bond donors (Lipinski definition) is 1. The summed E-state index contributed by atoms with van der Waals surface area (Å²) >= 11 is 5.96.